The maximum Gasteiger partial charge on any atom is 0.307 e. The number of carboxylic acids is 1. The quantitative estimate of drug-likeness (QED) is 0.879. The fourth-order valence-corrected chi connectivity index (χ4v) is 2.23. The van der Waals surface area contributed by atoms with Gasteiger partial charge in [0.15, 0.2) is 0 Å². The number of hydrogen-bond donors (Lipinski definition) is 1. The number of nitrogens with zero attached hydrogens (tertiary/aromatic N) is 1. The van der Waals surface area contributed by atoms with E-state index in [-0.39, 0.29) is 6.42 Å². The molecule has 98 valence electrons. The van der Waals surface area contributed by atoms with Gasteiger partial charge in [-0.05, 0) is 18.1 Å². The first-order chi connectivity index (χ1) is 8.63. The van der Waals surface area contributed by atoms with E-state index in [1.54, 1.807) is 0 Å². The molecule has 1 fully saturated rings. The van der Waals surface area contributed by atoms with E-state index in [2.05, 4.69) is 11.8 Å². The molecule has 1 N–H and O–H groups in total. The molecule has 0 aliphatic carbocycles. The summed E-state index contributed by atoms with van der Waals surface area (Å²) in [5, 5.41) is 8.70. The maximum absolute atomic E-state index is 10.6. The average molecular weight is 249 g/mol. The summed E-state index contributed by atoms with van der Waals surface area (Å²) in [7, 11) is 0. The van der Waals surface area contributed by atoms with Crippen molar-refractivity contribution in [2.45, 2.75) is 26.0 Å². The van der Waals surface area contributed by atoms with E-state index in [1.807, 2.05) is 24.3 Å². The molecule has 1 aliphatic heterocycles. The Bertz CT molecular complexity index is 402. The first-order valence-electron chi connectivity index (χ1n) is 6.27. The second kappa shape index (κ2) is 5.98. The second-order valence-electron chi connectivity index (χ2n) is 4.80. The van der Waals surface area contributed by atoms with Gasteiger partial charge in [-0.2, -0.15) is 0 Å². The van der Waals surface area contributed by atoms with Crippen molar-refractivity contribution >= 4 is 5.97 Å². The molecule has 1 heterocycles. The van der Waals surface area contributed by atoms with Crippen molar-refractivity contribution < 1.29 is 14.6 Å². The zero-order valence-corrected chi connectivity index (χ0v) is 10.6. The molecule has 1 aliphatic rings. The number of hydrogen-bond acceptors (Lipinski definition) is 3. The molecule has 0 bridgehead atoms. The molecule has 0 aromatic heterocycles. The Balaban J connectivity index is 1.91. The van der Waals surface area contributed by atoms with E-state index in [1.165, 1.54) is 5.56 Å². The molecule has 4 nitrogen and oxygen atoms in total. The third-order valence-electron chi connectivity index (χ3n) is 3.11. The normalized spacial score (nSPS) is 20.8. The van der Waals surface area contributed by atoms with Crippen LogP contribution < -0.4 is 0 Å². The van der Waals surface area contributed by atoms with Crippen molar-refractivity contribution in [3.05, 3.63) is 35.4 Å². The van der Waals surface area contributed by atoms with Gasteiger partial charge in [0.2, 0.25) is 0 Å². The van der Waals surface area contributed by atoms with Crippen molar-refractivity contribution in [3.63, 3.8) is 0 Å². The summed E-state index contributed by atoms with van der Waals surface area (Å²) in [5.74, 6) is -0.787. The third kappa shape index (κ3) is 3.82. The fraction of sp³-hybridized carbons (Fsp3) is 0.500. The van der Waals surface area contributed by atoms with Crippen molar-refractivity contribution in [3.8, 4) is 0 Å². The Hall–Kier alpha value is -1.39. The van der Waals surface area contributed by atoms with Gasteiger partial charge in [-0.25, -0.2) is 0 Å². The zero-order chi connectivity index (χ0) is 13.0. The van der Waals surface area contributed by atoms with Gasteiger partial charge in [0.05, 0.1) is 19.1 Å². The van der Waals surface area contributed by atoms with Crippen molar-refractivity contribution in [2.75, 3.05) is 19.7 Å². The SMILES string of the molecule is CC1CN(Cc2ccc(CC(=O)O)cc2)CCO1. The smallest absolute Gasteiger partial charge is 0.307 e. The Kier molecular flexibility index (Phi) is 4.33. The van der Waals surface area contributed by atoms with Gasteiger partial charge in [0.25, 0.3) is 0 Å². The van der Waals surface area contributed by atoms with Crippen LogP contribution in [0.4, 0.5) is 0 Å². The Morgan fingerprint density at radius 2 is 2.06 bits per heavy atom. The molecular formula is C14H19NO3. The number of benzene rings is 1. The van der Waals surface area contributed by atoms with E-state index < -0.39 is 5.97 Å². The predicted octanol–water partition coefficient (Wildman–Crippen LogP) is 1.53. The highest BCUT2D eigenvalue weighted by atomic mass is 16.5. The van der Waals surface area contributed by atoms with Gasteiger partial charge in [0, 0.05) is 19.6 Å². The molecule has 0 saturated carbocycles. The molecule has 0 amide bonds. The molecule has 4 heteroatoms. The highest BCUT2D eigenvalue weighted by Gasteiger charge is 2.16. The highest BCUT2D eigenvalue weighted by molar-refractivity contribution is 5.70. The van der Waals surface area contributed by atoms with Crippen LogP contribution in [0.2, 0.25) is 0 Å². The number of carbonyl (C=O) groups is 1. The molecule has 18 heavy (non-hydrogen) atoms. The lowest BCUT2D eigenvalue weighted by Gasteiger charge is -2.31. The summed E-state index contributed by atoms with van der Waals surface area (Å²) in [6.07, 6.45) is 0.388. The molecule has 1 saturated heterocycles. The highest BCUT2D eigenvalue weighted by Crippen LogP contribution is 2.11. The van der Waals surface area contributed by atoms with Gasteiger partial charge >= 0.3 is 5.97 Å². The van der Waals surface area contributed by atoms with E-state index in [4.69, 9.17) is 9.84 Å². The lowest BCUT2D eigenvalue weighted by atomic mass is 10.1. The Morgan fingerprint density at radius 1 is 1.39 bits per heavy atom. The first-order valence-corrected chi connectivity index (χ1v) is 6.27. The van der Waals surface area contributed by atoms with Gasteiger partial charge in [-0.1, -0.05) is 24.3 Å². The van der Waals surface area contributed by atoms with Crippen LogP contribution in [-0.2, 0) is 22.5 Å². The molecule has 0 spiro atoms. The minimum Gasteiger partial charge on any atom is -0.481 e. The monoisotopic (exact) mass is 249 g/mol. The average Bonchev–Trinajstić information content (AvgIpc) is 2.31. The summed E-state index contributed by atoms with van der Waals surface area (Å²) in [6, 6.07) is 7.82. The number of morpholine rings is 1. The van der Waals surface area contributed by atoms with Crippen molar-refractivity contribution in [1.82, 2.24) is 4.90 Å². The van der Waals surface area contributed by atoms with Crippen LogP contribution in [0.5, 0.6) is 0 Å². The maximum atomic E-state index is 10.6. The van der Waals surface area contributed by atoms with Crippen LogP contribution in [0.15, 0.2) is 24.3 Å². The van der Waals surface area contributed by atoms with Crippen LogP contribution in [-0.4, -0.2) is 41.8 Å². The minimum absolute atomic E-state index is 0.0921. The van der Waals surface area contributed by atoms with E-state index in [9.17, 15) is 4.79 Å². The summed E-state index contributed by atoms with van der Waals surface area (Å²) in [6.45, 7) is 5.69. The lowest BCUT2D eigenvalue weighted by Crippen LogP contribution is -2.40. The lowest BCUT2D eigenvalue weighted by molar-refractivity contribution is -0.136. The fourth-order valence-electron chi connectivity index (χ4n) is 2.23. The topological polar surface area (TPSA) is 49.8 Å². The summed E-state index contributed by atoms with van der Waals surface area (Å²) >= 11 is 0. The van der Waals surface area contributed by atoms with E-state index in [0.717, 1.165) is 31.8 Å². The molecule has 1 aromatic carbocycles. The molecule has 1 aromatic rings. The van der Waals surface area contributed by atoms with Crippen LogP contribution in [0.25, 0.3) is 0 Å². The summed E-state index contributed by atoms with van der Waals surface area (Å²) < 4.78 is 5.50. The van der Waals surface area contributed by atoms with Gasteiger partial charge in [-0.3, -0.25) is 9.69 Å². The first kappa shape index (κ1) is 13.1. The minimum atomic E-state index is -0.787. The zero-order valence-electron chi connectivity index (χ0n) is 10.6. The largest absolute Gasteiger partial charge is 0.481 e. The van der Waals surface area contributed by atoms with E-state index >= 15 is 0 Å². The summed E-state index contributed by atoms with van der Waals surface area (Å²) in [4.78, 5) is 12.9. The predicted molar refractivity (Wildman–Crippen MR) is 68.5 cm³/mol. The van der Waals surface area contributed by atoms with Gasteiger partial charge < -0.3 is 9.84 Å². The van der Waals surface area contributed by atoms with Crippen LogP contribution in [0.1, 0.15) is 18.1 Å². The van der Waals surface area contributed by atoms with Crippen LogP contribution >= 0.6 is 0 Å². The molecule has 1 unspecified atom stereocenters. The van der Waals surface area contributed by atoms with Crippen LogP contribution in [0, 0.1) is 0 Å². The number of carboxylic acid groups (broad SMARTS) is 1. The van der Waals surface area contributed by atoms with Crippen LogP contribution in [0.3, 0.4) is 0 Å². The molecular weight excluding hydrogens is 230 g/mol. The Morgan fingerprint density at radius 3 is 2.67 bits per heavy atom. The summed E-state index contributed by atoms with van der Waals surface area (Å²) in [5.41, 5.74) is 2.07. The third-order valence-corrected chi connectivity index (χ3v) is 3.11. The molecule has 2 rings (SSSR count). The van der Waals surface area contributed by atoms with E-state index in [0.29, 0.717) is 6.10 Å². The van der Waals surface area contributed by atoms with Gasteiger partial charge in [0.1, 0.15) is 0 Å². The number of aliphatic carboxylic acids is 1. The second-order valence-corrected chi connectivity index (χ2v) is 4.80. The Labute approximate surface area is 107 Å². The number of ether oxygens (including phenoxy) is 1. The van der Waals surface area contributed by atoms with Crippen molar-refractivity contribution in [1.29, 1.82) is 0 Å². The number of rotatable bonds is 4. The standard InChI is InChI=1S/C14H19NO3/c1-11-9-15(6-7-18-11)10-13-4-2-12(3-5-13)8-14(16)17/h2-5,11H,6-10H2,1H3,(H,16,17). The molecule has 0 radical (unpaired) electrons. The van der Waals surface area contributed by atoms with Crippen molar-refractivity contribution in [2.24, 2.45) is 0 Å². The van der Waals surface area contributed by atoms with Gasteiger partial charge in [-0.15, -0.1) is 0 Å². The molecule has 1 atom stereocenters.